The molecule has 1 aliphatic heterocycles. The van der Waals surface area contributed by atoms with Gasteiger partial charge in [-0.2, -0.15) is 0 Å². The molecule has 1 aliphatic rings. The average molecular weight is 462 g/mol. The molecule has 0 fully saturated rings. The Morgan fingerprint density at radius 3 is 2.67 bits per heavy atom. The summed E-state index contributed by atoms with van der Waals surface area (Å²) in [6, 6.07) is 5.71. The zero-order valence-corrected chi connectivity index (χ0v) is 17.5. The minimum absolute atomic E-state index is 0.0424. The highest BCUT2D eigenvalue weighted by Crippen LogP contribution is 2.33. The van der Waals surface area contributed by atoms with Crippen LogP contribution in [0, 0.1) is 12.7 Å². The molecule has 172 valence electrons. The van der Waals surface area contributed by atoms with Crippen LogP contribution in [0.5, 0.6) is 5.75 Å². The lowest BCUT2D eigenvalue weighted by Gasteiger charge is -2.33. The third kappa shape index (κ3) is 4.38. The van der Waals surface area contributed by atoms with E-state index in [4.69, 9.17) is 0 Å². The van der Waals surface area contributed by atoms with Gasteiger partial charge in [-0.1, -0.05) is 0 Å². The average Bonchev–Trinajstić information content (AvgIpc) is 3.19. The lowest BCUT2D eigenvalue weighted by atomic mass is 10.1. The molecule has 0 radical (unpaired) electrons. The predicted molar refractivity (Wildman–Crippen MR) is 111 cm³/mol. The van der Waals surface area contributed by atoms with Gasteiger partial charge in [0.05, 0.1) is 17.4 Å². The van der Waals surface area contributed by atoms with Crippen LogP contribution in [0.1, 0.15) is 39.4 Å². The number of hydrogen-bond acceptors (Lipinski definition) is 4. The summed E-state index contributed by atoms with van der Waals surface area (Å²) in [4.78, 5) is 31.4. The van der Waals surface area contributed by atoms with Crippen LogP contribution < -0.4 is 15.0 Å². The van der Waals surface area contributed by atoms with Gasteiger partial charge >= 0.3 is 6.36 Å². The topological polar surface area (TPSA) is 76.5 Å². The van der Waals surface area contributed by atoms with Crippen molar-refractivity contribution < 1.29 is 31.9 Å². The lowest BCUT2D eigenvalue weighted by Crippen LogP contribution is -2.43. The van der Waals surface area contributed by atoms with Crippen LogP contribution in [0.3, 0.4) is 0 Å². The van der Waals surface area contributed by atoms with Crippen LogP contribution in [0.25, 0.3) is 0 Å². The molecular formula is C22H18F4N4O3. The van der Waals surface area contributed by atoms with Gasteiger partial charge in [-0.25, -0.2) is 4.39 Å². The van der Waals surface area contributed by atoms with Gasteiger partial charge in [-0.3, -0.25) is 14.6 Å². The molecule has 1 aromatic carbocycles. The number of nitrogens with zero attached hydrogens (tertiary/aromatic N) is 3. The van der Waals surface area contributed by atoms with E-state index in [1.54, 1.807) is 36.9 Å². The van der Waals surface area contributed by atoms with Crippen molar-refractivity contribution in [1.29, 1.82) is 0 Å². The number of aryl methyl sites for hydroxylation is 1. The summed E-state index contributed by atoms with van der Waals surface area (Å²) >= 11 is 0. The van der Waals surface area contributed by atoms with E-state index >= 15 is 0 Å². The third-order valence-corrected chi connectivity index (χ3v) is 5.27. The second-order valence-electron chi connectivity index (χ2n) is 7.56. The van der Waals surface area contributed by atoms with E-state index in [0.29, 0.717) is 5.69 Å². The number of anilines is 2. The lowest BCUT2D eigenvalue weighted by molar-refractivity contribution is -0.275. The van der Waals surface area contributed by atoms with Crippen molar-refractivity contribution in [2.45, 2.75) is 26.3 Å². The smallest absolute Gasteiger partial charge is 0.403 e. The van der Waals surface area contributed by atoms with Crippen LogP contribution in [0.15, 0.2) is 48.9 Å². The van der Waals surface area contributed by atoms with Crippen LogP contribution in [0.2, 0.25) is 0 Å². The van der Waals surface area contributed by atoms with E-state index in [0.717, 1.165) is 23.8 Å². The number of fused-ring (bicyclic) bond motifs is 1. The highest BCUT2D eigenvalue weighted by Gasteiger charge is 2.35. The molecule has 0 spiro atoms. The van der Waals surface area contributed by atoms with Crippen molar-refractivity contribution in [3.63, 3.8) is 0 Å². The molecule has 3 aromatic rings. The van der Waals surface area contributed by atoms with Crippen LogP contribution in [0.4, 0.5) is 28.9 Å². The standard InChI is InChI=1S/C22H18F4N4O3/c1-12-5-7-27-10-17(12)28-20(31)15-6-8-29-13(2)11-30(21(32)19(15)29)14-3-4-18(16(23)9-14)33-22(24,25)26/h3-10,13H,11H2,1-2H3,(H,28,31)/t13-/m0/s1. The molecule has 33 heavy (non-hydrogen) atoms. The molecular weight excluding hydrogens is 444 g/mol. The fourth-order valence-corrected chi connectivity index (χ4v) is 3.66. The normalized spacial score (nSPS) is 15.9. The highest BCUT2D eigenvalue weighted by molar-refractivity contribution is 6.16. The molecule has 2 amide bonds. The Bertz CT molecular complexity index is 1240. The van der Waals surface area contributed by atoms with Crippen LogP contribution in [-0.2, 0) is 0 Å². The van der Waals surface area contributed by atoms with Gasteiger partial charge in [0.25, 0.3) is 11.8 Å². The molecule has 2 aromatic heterocycles. The van der Waals surface area contributed by atoms with Crippen molar-refractivity contribution in [3.8, 4) is 5.75 Å². The van der Waals surface area contributed by atoms with E-state index in [9.17, 15) is 27.2 Å². The summed E-state index contributed by atoms with van der Waals surface area (Å²) in [5.41, 5.74) is 1.50. The van der Waals surface area contributed by atoms with Gasteiger partial charge < -0.3 is 19.5 Å². The molecule has 0 bridgehead atoms. The van der Waals surface area contributed by atoms with E-state index in [1.165, 1.54) is 17.2 Å². The third-order valence-electron chi connectivity index (χ3n) is 5.27. The summed E-state index contributed by atoms with van der Waals surface area (Å²) in [6.45, 7) is 3.72. The zero-order valence-electron chi connectivity index (χ0n) is 17.5. The molecule has 0 saturated carbocycles. The van der Waals surface area contributed by atoms with Gasteiger partial charge in [0.15, 0.2) is 11.6 Å². The fourth-order valence-electron chi connectivity index (χ4n) is 3.66. The number of nitrogens with one attached hydrogen (secondary N) is 1. The Labute approximate surface area is 185 Å². The number of pyridine rings is 1. The van der Waals surface area contributed by atoms with E-state index in [1.807, 2.05) is 0 Å². The largest absolute Gasteiger partial charge is 0.573 e. The summed E-state index contributed by atoms with van der Waals surface area (Å²) in [7, 11) is 0. The number of carbonyl (C=O) groups is 2. The first-order valence-corrected chi connectivity index (χ1v) is 9.85. The number of benzene rings is 1. The number of carbonyl (C=O) groups excluding carboxylic acids is 2. The van der Waals surface area contributed by atoms with Gasteiger partial charge in [-0.15, -0.1) is 13.2 Å². The second-order valence-corrected chi connectivity index (χ2v) is 7.56. The monoisotopic (exact) mass is 462 g/mol. The van der Waals surface area contributed by atoms with Gasteiger partial charge in [-0.05, 0) is 43.7 Å². The minimum atomic E-state index is -5.05. The van der Waals surface area contributed by atoms with E-state index < -0.39 is 29.7 Å². The van der Waals surface area contributed by atoms with Crippen molar-refractivity contribution in [3.05, 3.63) is 71.6 Å². The first kappa shape index (κ1) is 22.3. The second kappa shape index (κ2) is 8.23. The van der Waals surface area contributed by atoms with Gasteiger partial charge in [0.2, 0.25) is 0 Å². The molecule has 0 saturated heterocycles. The summed E-state index contributed by atoms with van der Waals surface area (Å²) in [5, 5.41) is 2.72. The van der Waals surface area contributed by atoms with Crippen molar-refractivity contribution in [1.82, 2.24) is 9.55 Å². The number of amides is 2. The maximum absolute atomic E-state index is 14.2. The number of hydrogen-bond donors (Lipinski definition) is 1. The molecule has 3 heterocycles. The summed E-state index contributed by atoms with van der Waals surface area (Å²) in [6.07, 6.45) is -0.368. The summed E-state index contributed by atoms with van der Waals surface area (Å²) < 4.78 is 56.8. The molecule has 11 heteroatoms. The Hall–Kier alpha value is -3.89. The molecule has 1 atom stereocenters. The predicted octanol–water partition coefficient (Wildman–Crippen LogP) is 4.70. The maximum Gasteiger partial charge on any atom is 0.573 e. The quantitative estimate of drug-likeness (QED) is 0.570. The first-order chi connectivity index (χ1) is 15.5. The Morgan fingerprint density at radius 2 is 2.00 bits per heavy atom. The van der Waals surface area contributed by atoms with Crippen molar-refractivity contribution in [2.24, 2.45) is 0 Å². The van der Waals surface area contributed by atoms with E-state index in [-0.39, 0.29) is 29.5 Å². The Balaban J connectivity index is 1.65. The van der Waals surface area contributed by atoms with Gasteiger partial charge in [0, 0.05) is 36.7 Å². The molecule has 7 nitrogen and oxygen atoms in total. The van der Waals surface area contributed by atoms with Crippen molar-refractivity contribution in [2.75, 3.05) is 16.8 Å². The number of halogens is 4. The van der Waals surface area contributed by atoms with Gasteiger partial charge in [0.1, 0.15) is 5.69 Å². The maximum atomic E-state index is 14.2. The molecule has 0 unspecified atom stereocenters. The highest BCUT2D eigenvalue weighted by atomic mass is 19.4. The number of ether oxygens (including phenoxy) is 1. The van der Waals surface area contributed by atoms with Crippen LogP contribution >= 0.6 is 0 Å². The SMILES string of the molecule is Cc1ccncc1NC(=O)c1ccn2c1C(=O)N(c1ccc(OC(F)(F)F)c(F)c1)C[C@@H]2C. The molecule has 1 N–H and O–H groups in total. The first-order valence-electron chi connectivity index (χ1n) is 9.85. The van der Waals surface area contributed by atoms with Crippen LogP contribution in [-0.4, -0.2) is 34.3 Å². The Morgan fingerprint density at radius 1 is 1.24 bits per heavy atom. The number of aromatic nitrogens is 2. The fraction of sp³-hybridized carbons (Fsp3) is 0.227. The van der Waals surface area contributed by atoms with Crippen molar-refractivity contribution >= 4 is 23.2 Å². The number of rotatable bonds is 4. The molecule has 4 rings (SSSR count). The van der Waals surface area contributed by atoms with E-state index in [2.05, 4.69) is 15.0 Å². The Kier molecular flexibility index (Phi) is 5.56. The summed E-state index contributed by atoms with van der Waals surface area (Å²) in [5.74, 6) is -3.38. The zero-order chi connectivity index (χ0) is 23.9. The molecule has 0 aliphatic carbocycles. The number of alkyl halides is 3. The minimum Gasteiger partial charge on any atom is -0.403 e.